The van der Waals surface area contributed by atoms with Gasteiger partial charge in [0.2, 0.25) is 0 Å². The number of nitro benzene ring substituents is 2. The van der Waals surface area contributed by atoms with Crippen LogP contribution in [0.4, 0.5) is 11.4 Å². The maximum absolute atomic E-state index is 10.7. The van der Waals surface area contributed by atoms with E-state index in [0.29, 0.717) is 0 Å². The van der Waals surface area contributed by atoms with Crippen molar-refractivity contribution in [3.63, 3.8) is 0 Å². The van der Waals surface area contributed by atoms with Crippen molar-refractivity contribution in [3.8, 4) is 11.1 Å². The molecule has 2 aliphatic carbocycles. The summed E-state index contributed by atoms with van der Waals surface area (Å²) in [4.78, 5) is 20.0. The van der Waals surface area contributed by atoms with Crippen LogP contribution in [0.25, 0.3) is 11.1 Å². The minimum atomic E-state index is -1.66. The zero-order valence-electron chi connectivity index (χ0n) is 23.5. The van der Waals surface area contributed by atoms with E-state index in [0.717, 1.165) is 43.2 Å². The van der Waals surface area contributed by atoms with E-state index in [2.05, 4.69) is 46.3 Å². The standard InChI is InChI=1S/C14H11NO2.C8H7Br.C6H6BNO4.C4H8O.CH4/c16-15(17)14-3-1-2-11(9-14)13-7-5-10-4-6-12(10)8-13;9-8-4-3-6-1-2-7(6)5-8;9-7(10)5-2-1-3-6(4-5)8(11)12;1-2-4-5-3-1;/h1-3,5,7-9H,4,6H2;3-5H,1-2H2;1-4,9-10H;1-4H2;1H4. The predicted molar refractivity (Wildman–Crippen MR) is 177 cm³/mol. The topological polar surface area (TPSA) is 136 Å². The average Bonchev–Trinajstić information content (AvgIpc) is 3.57. The first-order valence-electron chi connectivity index (χ1n) is 14.0. The molecule has 4 aromatic carbocycles. The fraction of sp³-hybridized carbons (Fsp3) is 0.273. The predicted octanol–water partition coefficient (Wildman–Crippen LogP) is 6.62. The highest BCUT2D eigenvalue weighted by Crippen LogP contribution is 2.30. The lowest BCUT2D eigenvalue weighted by molar-refractivity contribution is -0.385. The normalized spacial score (nSPS) is 13.2. The van der Waals surface area contributed by atoms with Crippen LogP contribution in [0.3, 0.4) is 0 Å². The minimum absolute atomic E-state index is 0. The molecule has 0 amide bonds. The van der Waals surface area contributed by atoms with Gasteiger partial charge in [0.15, 0.2) is 0 Å². The molecule has 230 valence electrons. The lowest BCUT2D eigenvalue weighted by Crippen LogP contribution is -2.29. The van der Waals surface area contributed by atoms with Gasteiger partial charge in [-0.25, -0.2) is 0 Å². The summed E-state index contributed by atoms with van der Waals surface area (Å²) < 4.78 is 6.15. The van der Waals surface area contributed by atoms with E-state index in [9.17, 15) is 20.2 Å². The molecule has 0 aromatic heterocycles. The average molecular weight is 663 g/mol. The first-order chi connectivity index (χ1) is 20.7. The van der Waals surface area contributed by atoms with Crippen molar-refractivity contribution in [2.45, 2.75) is 46.0 Å². The van der Waals surface area contributed by atoms with Crippen LogP contribution in [0.1, 0.15) is 42.5 Å². The Labute approximate surface area is 266 Å². The molecule has 0 atom stereocenters. The van der Waals surface area contributed by atoms with Crippen LogP contribution in [-0.4, -0.2) is 40.2 Å². The number of nitrogens with zero attached hydrogens (tertiary/aromatic N) is 2. The Kier molecular flexibility index (Phi) is 13.2. The van der Waals surface area contributed by atoms with E-state index < -0.39 is 12.0 Å². The minimum Gasteiger partial charge on any atom is -0.423 e. The van der Waals surface area contributed by atoms with Crippen molar-refractivity contribution in [1.29, 1.82) is 0 Å². The van der Waals surface area contributed by atoms with Gasteiger partial charge in [-0.1, -0.05) is 71.9 Å². The van der Waals surface area contributed by atoms with Gasteiger partial charge in [0, 0.05) is 42.0 Å². The SMILES string of the molecule is Brc1ccc2c(c1)CC2.C.C1CCOC1.O=[N+]([O-])c1cccc(-c2ccc3c(c2)CC3)c1.O=[N+]([O-])c1cccc(B(O)O)c1. The van der Waals surface area contributed by atoms with Crippen LogP contribution in [0, 0.1) is 20.2 Å². The number of rotatable bonds is 4. The van der Waals surface area contributed by atoms with Crippen molar-refractivity contribution < 1.29 is 24.6 Å². The highest BCUT2D eigenvalue weighted by molar-refractivity contribution is 9.10. The van der Waals surface area contributed by atoms with Crippen LogP contribution in [-0.2, 0) is 30.4 Å². The Morgan fingerprint density at radius 1 is 0.659 bits per heavy atom. The monoisotopic (exact) mass is 662 g/mol. The smallest absolute Gasteiger partial charge is 0.423 e. The third kappa shape index (κ3) is 9.82. The number of non-ortho nitro benzene ring substituents is 2. The molecule has 0 radical (unpaired) electrons. The maximum Gasteiger partial charge on any atom is 0.488 e. The summed E-state index contributed by atoms with van der Waals surface area (Å²) in [7, 11) is -1.66. The molecule has 4 aromatic rings. The highest BCUT2D eigenvalue weighted by atomic mass is 79.9. The second-order valence-electron chi connectivity index (χ2n) is 10.2. The van der Waals surface area contributed by atoms with Crippen molar-refractivity contribution in [3.05, 3.63) is 132 Å². The Bertz CT molecular complexity index is 1570. The summed E-state index contributed by atoms with van der Waals surface area (Å²) in [6, 6.07) is 24.8. The Morgan fingerprint density at radius 2 is 1.18 bits per heavy atom. The largest absolute Gasteiger partial charge is 0.488 e. The third-order valence-electron chi connectivity index (χ3n) is 7.30. The summed E-state index contributed by atoms with van der Waals surface area (Å²) in [5, 5.41) is 38.3. The molecule has 0 bridgehead atoms. The number of halogens is 1. The van der Waals surface area contributed by atoms with Crippen LogP contribution >= 0.6 is 15.9 Å². The number of aryl methyl sites for hydroxylation is 4. The molecule has 1 heterocycles. The van der Waals surface area contributed by atoms with Gasteiger partial charge in [-0.05, 0) is 89.5 Å². The second-order valence-corrected chi connectivity index (χ2v) is 11.2. The van der Waals surface area contributed by atoms with E-state index >= 15 is 0 Å². The number of benzene rings is 4. The lowest BCUT2D eigenvalue weighted by atomic mass is 9.80. The molecular weight excluding hydrogens is 627 g/mol. The molecule has 11 heteroatoms. The molecule has 1 saturated heterocycles. The van der Waals surface area contributed by atoms with E-state index in [1.165, 1.54) is 76.7 Å². The van der Waals surface area contributed by atoms with Gasteiger partial charge in [0.25, 0.3) is 11.4 Å². The Balaban J connectivity index is 0.000000172. The zero-order valence-corrected chi connectivity index (χ0v) is 25.1. The van der Waals surface area contributed by atoms with Gasteiger partial charge in [-0.3, -0.25) is 20.2 Å². The molecule has 1 aliphatic heterocycles. The van der Waals surface area contributed by atoms with Crippen LogP contribution < -0.4 is 5.46 Å². The molecule has 0 unspecified atom stereocenters. The molecule has 9 nitrogen and oxygen atoms in total. The van der Waals surface area contributed by atoms with Crippen LogP contribution in [0.15, 0.2) is 89.4 Å². The molecule has 0 spiro atoms. The molecule has 3 aliphatic rings. The van der Waals surface area contributed by atoms with Crippen LogP contribution in [0.2, 0.25) is 0 Å². The molecule has 1 fully saturated rings. The van der Waals surface area contributed by atoms with Gasteiger partial charge in [-0.15, -0.1) is 0 Å². The number of hydrogen-bond donors (Lipinski definition) is 2. The van der Waals surface area contributed by atoms with Gasteiger partial charge in [-0.2, -0.15) is 0 Å². The van der Waals surface area contributed by atoms with Crippen molar-refractivity contribution in [1.82, 2.24) is 0 Å². The molecule has 7 rings (SSSR count). The third-order valence-corrected chi connectivity index (χ3v) is 7.79. The van der Waals surface area contributed by atoms with E-state index in [4.69, 9.17) is 14.8 Å². The molecule has 2 N–H and O–H groups in total. The number of ether oxygens (including phenoxy) is 1. The maximum atomic E-state index is 10.7. The van der Waals surface area contributed by atoms with Gasteiger partial charge in [0.05, 0.1) is 9.85 Å². The van der Waals surface area contributed by atoms with Crippen molar-refractivity contribution in [2.24, 2.45) is 0 Å². The lowest BCUT2D eigenvalue weighted by Gasteiger charge is -2.19. The van der Waals surface area contributed by atoms with Crippen molar-refractivity contribution in [2.75, 3.05) is 13.2 Å². The van der Waals surface area contributed by atoms with E-state index in [1.807, 2.05) is 12.1 Å². The summed E-state index contributed by atoms with van der Waals surface area (Å²) in [6.07, 6.45) is 7.39. The van der Waals surface area contributed by atoms with Crippen molar-refractivity contribution >= 4 is 39.9 Å². The second kappa shape index (κ2) is 16.8. The summed E-state index contributed by atoms with van der Waals surface area (Å²) in [6.45, 7) is 2.00. The van der Waals surface area contributed by atoms with E-state index in [1.54, 1.807) is 12.1 Å². The van der Waals surface area contributed by atoms with E-state index in [-0.39, 0.29) is 29.2 Å². The Hall–Kier alpha value is -3.90. The highest BCUT2D eigenvalue weighted by Gasteiger charge is 2.15. The molecule has 0 saturated carbocycles. The number of nitro groups is 2. The Morgan fingerprint density at radius 3 is 1.64 bits per heavy atom. The fourth-order valence-electron chi connectivity index (χ4n) is 4.65. The molecule has 44 heavy (non-hydrogen) atoms. The first-order valence-corrected chi connectivity index (χ1v) is 14.8. The summed E-state index contributed by atoms with van der Waals surface area (Å²) >= 11 is 3.43. The molecular formula is C33H36BBrN2O7. The fourth-order valence-corrected chi connectivity index (χ4v) is 5.06. The summed E-state index contributed by atoms with van der Waals surface area (Å²) in [5.74, 6) is 0. The quantitative estimate of drug-likeness (QED) is 0.142. The summed E-state index contributed by atoms with van der Waals surface area (Å²) in [5.41, 5.74) is 7.90. The number of fused-ring (bicyclic) bond motifs is 2. The number of hydrogen-bond acceptors (Lipinski definition) is 7. The zero-order chi connectivity index (χ0) is 30.8. The van der Waals surface area contributed by atoms with Gasteiger partial charge < -0.3 is 14.8 Å². The van der Waals surface area contributed by atoms with Gasteiger partial charge in [0.1, 0.15) is 0 Å². The van der Waals surface area contributed by atoms with Gasteiger partial charge >= 0.3 is 7.12 Å². The first kappa shape index (κ1) is 34.6. The van der Waals surface area contributed by atoms with Crippen LogP contribution in [0.5, 0.6) is 0 Å².